The maximum atomic E-state index is 11.1. The lowest BCUT2D eigenvalue weighted by molar-refractivity contribution is 0.408. The van der Waals surface area contributed by atoms with Gasteiger partial charge in [0, 0.05) is 0 Å². The largest absolute Gasteiger partial charge is 0.493 e. The first-order valence-corrected chi connectivity index (χ1v) is 5.20. The molecule has 1 heterocycles. The van der Waals surface area contributed by atoms with Gasteiger partial charge in [0.2, 0.25) is 6.08 Å². The normalized spacial score (nSPS) is 10.1. The number of hydrogen-bond acceptors (Lipinski definition) is 6. The summed E-state index contributed by atoms with van der Waals surface area (Å²) >= 11 is 0.987. The van der Waals surface area contributed by atoms with E-state index in [0.29, 0.717) is 16.0 Å². The number of benzene rings is 1. The Labute approximate surface area is 94.0 Å². The minimum Gasteiger partial charge on any atom is -0.493 e. The molecule has 0 bridgehead atoms. The van der Waals surface area contributed by atoms with Crippen molar-refractivity contribution in [2.24, 2.45) is 4.99 Å². The van der Waals surface area contributed by atoms with Gasteiger partial charge in [-0.15, -0.1) is 0 Å². The molecule has 0 aliphatic rings. The van der Waals surface area contributed by atoms with Gasteiger partial charge in [-0.25, -0.2) is 14.6 Å². The Bertz CT molecular complexity index is 621. The lowest BCUT2D eigenvalue weighted by atomic mass is 10.2. The van der Waals surface area contributed by atoms with Gasteiger partial charge in [0.15, 0.2) is 11.3 Å². The van der Waals surface area contributed by atoms with Gasteiger partial charge in [-0.2, -0.15) is 0 Å². The summed E-state index contributed by atoms with van der Waals surface area (Å²) in [6.07, 6.45) is 1.46. The molecule has 0 aliphatic carbocycles. The van der Waals surface area contributed by atoms with Crippen molar-refractivity contribution in [1.82, 2.24) is 0 Å². The number of rotatable bonds is 3. The molecule has 0 radical (unpaired) electrons. The highest BCUT2D eigenvalue weighted by Gasteiger charge is 2.10. The van der Waals surface area contributed by atoms with Gasteiger partial charge in [-0.05, 0) is 17.7 Å². The average molecular weight is 237 g/mol. The van der Waals surface area contributed by atoms with Gasteiger partial charge in [0.25, 0.3) is 0 Å². The van der Waals surface area contributed by atoms with Crippen molar-refractivity contribution in [3.05, 3.63) is 27.4 Å². The van der Waals surface area contributed by atoms with E-state index in [1.54, 1.807) is 12.1 Å². The van der Waals surface area contributed by atoms with Crippen molar-refractivity contribution in [1.29, 1.82) is 0 Å². The molecule has 82 valence electrons. The SMILES string of the molecule is COc1cc(CN=C=O)cc2sc(=O)oc12. The van der Waals surface area contributed by atoms with Crippen LogP contribution in [0.5, 0.6) is 5.75 Å². The maximum absolute atomic E-state index is 11.1. The van der Waals surface area contributed by atoms with Crippen LogP contribution in [0.25, 0.3) is 10.3 Å². The molecule has 0 unspecified atom stereocenters. The molecule has 6 heteroatoms. The standard InChI is InChI=1S/C10H7NO4S/c1-14-7-2-6(4-11-5-12)3-8-9(7)15-10(13)16-8/h2-3H,4H2,1H3. The zero-order valence-corrected chi connectivity index (χ0v) is 9.17. The molecular formula is C10H7NO4S. The first kappa shape index (κ1) is 10.6. The molecular weight excluding hydrogens is 230 g/mol. The molecule has 0 spiro atoms. The quantitative estimate of drug-likeness (QED) is 0.601. The molecule has 1 aromatic carbocycles. The fraction of sp³-hybridized carbons (Fsp3) is 0.200. The Hall–Kier alpha value is -1.91. The van der Waals surface area contributed by atoms with Crippen molar-refractivity contribution in [2.75, 3.05) is 7.11 Å². The molecule has 16 heavy (non-hydrogen) atoms. The number of carbonyl (C=O) groups excluding carboxylic acids is 1. The van der Waals surface area contributed by atoms with Gasteiger partial charge in [-0.3, -0.25) is 0 Å². The fourth-order valence-corrected chi connectivity index (χ4v) is 2.12. The Morgan fingerprint density at radius 3 is 3.06 bits per heavy atom. The molecule has 0 fully saturated rings. The highest BCUT2D eigenvalue weighted by Crippen LogP contribution is 2.29. The molecule has 5 nitrogen and oxygen atoms in total. The van der Waals surface area contributed by atoms with E-state index in [1.807, 2.05) is 0 Å². The van der Waals surface area contributed by atoms with Gasteiger partial charge in [0.05, 0.1) is 18.4 Å². The predicted octanol–water partition coefficient (Wildman–Crippen LogP) is 1.70. The summed E-state index contributed by atoms with van der Waals surface area (Å²) in [4.78, 5) is 24.2. The third-order valence-corrected chi connectivity index (χ3v) is 2.78. The van der Waals surface area contributed by atoms with E-state index < -0.39 is 0 Å². The number of isocyanates is 1. The van der Waals surface area contributed by atoms with Crippen LogP contribution in [0.4, 0.5) is 0 Å². The van der Waals surface area contributed by atoms with Gasteiger partial charge >= 0.3 is 4.94 Å². The van der Waals surface area contributed by atoms with Gasteiger partial charge in [0.1, 0.15) is 0 Å². The topological polar surface area (TPSA) is 68.9 Å². The number of methoxy groups -OCH3 is 1. The fourth-order valence-electron chi connectivity index (χ4n) is 1.37. The van der Waals surface area contributed by atoms with Gasteiger partial charge in [-0.1, -0.05) is 11.3 Å². The molecule has 2 rings (SSSR count). The Morgan fingerprint density at radius 1 is 1.56 bits per heavy atom. The minimum atomic E-state index is -0.385. The molecule has 0 N–H and O–H groups in total. The lowest BCUT2D eigenvalue weighted by Gasteiger charge is -2.02. The highest BCUT2D eigenvalue weighted by atomic mass is 32.1. The molecule has 0 atom stereocenters. The van der Waals surface area contributed by atoms with Crippen LogP contribution in [0, 0.1) is 0 Å². The van der Waals surface area contributed by atoms with E-state index in [9.17, 15) is 9.59 Å². The second-order valence-corrected chi connectivity index (χ2v) is 3.96. The number of ether oxygens (including phenoxy) is 1. The van der Waals surface area contributed by atoms with Crippen LogP contribution >= 0.6 is 11.3 Å². The summed E-state index contributed by atoms with van der Waals surface area (Å²) in [6.45, 7) is 0.210. The number of fused-ring (bicyclic) bond motifs is 1. The predicted molar refractivity (Wildman–Crippen MR) is 58.7 cm³/mol. The third kappa shape index (κ3) is 1.88. The van der Waals surface area contributed by atoms with Crippen LogP contribution in [-0.2, 0) is 11.3 Å². The first-order chi connectivity index (χ1) is 7.74. The number of hydrogen-bond donors (Lipinski definition) is 0. The minimum absolute atomic E-state index is 0.210. The average Bonchev–Trinajstić information content (AvgIpc) is 2.65. The van der Waals surface area contributed by atoms with Crippen LogP contribution in [0.15, 0.2) is 26.3 Å². The first-order valence-electron chi connectivity index (χ1n) is 4.39. The van der Waals surface area contributed by atoms with Crippen LogP contribution in [0.1, 0.15) is 5.56 Å². The summed E-state index contributed by atoms with van der Waals surface area (Å²) in [5.74, 6) is 0.465. The molecule has 0 saturated heterocycles. The van der Waals surface area contributed by atoms with Crippen LogP contribution in [0.2, 0.25) is 0 Å². The van der Waals surface area contributed by atoms with E-state index in [2.05, 4.69) is 4.99 Å². The maximum Gasteiger partial charge on any atom is 0.396 e. The van der Waals surface area contributed by atoms with E-state index >= 15 is 0 Å². The second kappa shape index (κ2) is 4.30. The van der Waals surface area contributed by atoms with E-state index in [1.165, 1.54) is 13.2 Å². The molecule has 0 amide bonds. The summed E-state index contributed by atoms with van der Waals surface area (Å²) in [6, 6.07) is 3.42. The third-order valence-electron chi connectivity index (χ3n) is 2.01. The Balaban J connectivity index is 2.62. The number of nitrogens with zero attached hydrogens (tertiary/aromatic N) is 1. The van der Waals surface area contributed by atoms with Crippen molar-refractivity contribution in [2.45, 2.75) is 6.54 Å². The van der Waals surface area contributed by atoms with E-state index in [-0.39, 0.29) is 11.5 Å². The van der Waals surface area contributed by atoms with Crippen LogP contribution < -0.4 is 9.68 Å². The summed E-state index contributed by atoms with van der Waals surface area (Å²) in [5.41, 5.74) is 1.20. The second-order valence-electron chi connectivity index (χ2n) is 2.99. The molecule has 0 saturated carbocycles. The van der Waals surface area contributed by atoms with Crippen LogP contribution in [0.3, 0.4) is 0 Å². The molecule has 1 aromatic heterocycles. The number of aliphatic imine (C=N–C) groups is 1. The monoisotopic (exact) mass is 237 g/mol. The van der Waals surface area contributed by atoms with Crippen LogP contribution in [-0.4, -0.2) is 13.2 Å². The Morgan fingerprint density at radius 2 is 2.38 bits per heavy atom. The van der Waals surface area contributed by atoms with E-state index in [0.717, 1.165) is 16.9 Å². The van der Waals surface area contributed by atoms with Crippen molar-refractivity contribution >= 4 is 27.7 Å². The molecule has 0 aliphatic heterocycles. The van der Waals surface area contributed by atoms with Crippen molar-refractivity contribution in [3.8, 4) is 5.75 Å². The zero-order valence-electron chi connectivity index (χ0n) is 8.35. The summed E-state index contributed by atoms with van der Waals surface area (Å²) < 4.78 is 10.8. The highest BCUT2D eigenvalue weighted by molar-refractivity contribution is 7.16. The lowest BCUT2D eigenvalue weighted by Crippen LogP contribution is -1.87. The zero-order chi connectivity index (χ0) is 11.5. The smallest absolute Gasteiger partial charge is 0.396 e. The Kier molecular flexibility index (Phi) is 2.85. The van der Waals surface area contributed by atoms with Crippen molar-refractivity contribution < 1.29 is 13.9 Å². The summed E-state index contributed by atoms with van der Waals surface area (Å²) in [5, 5.41) is 0. The van der Waals surface area contributed by atoms with Gasteiger partial charge < -0.3 is 9.15 Å². The van der Waals surface area contributed by atoms with Crippen molar-refractivity contribution in [3.63, 3.8) is 0 Å². The molecule has 2 aromatic rings. The summed E-state index contributed by atoms with van der Waals surface area (Å²) in [7, 11) is 1.49. The van der Waals surface area contributed by atoms with E-state index in [4.69, 9.17) is 9.15 Å².